The van der Waals surface area contributed by atoms with Crippen molar-refractivity contribution in [1.82, 2.24) is 9.88 Å². The number of halogens is 1. The first-order valence-electron chi connectivity index (χ1n) is 5.58. The summed E-state index contributed by atoms with van der Waals surface area (Å²) in [6.45, 7) is 4.81. The fraction of sp³-hybridized carbons (Fsp3) is 0.636. The van der Waals surface area contributed by atoms with Gasteiger partial charge in [-0.25, -0.2) is 4.98 Å². The number of rotatable bonds is 2. The average Bonchev–Trinajstić information content (AvgIpc) is 2.83. The molecule has 1 atom stereocenters. The van der Waals surface area contributed by atoms with Gasteiger partial charge in [-0.3, -0.25) is 4.79 Å². The lowest BCUT2D eigenvalue weighted by Crippen LogP contribution is -2.40. The molecule has 1 fully saturated rings. The number of aromatic nitrogens is 1. The third-order valence-corrected chi connectivity index (χ3v) is 3.01. The van der Waals surface area contributed by atoms with Gasteiger partial charge in [0, 0.05) is 26.1 Å². The minimum atomic E-state index is -0.0777. The highest BCUT2D eigenvalue weighted by molar-refractivity contribution is 5.92. The number of carbonyl (C=O) groups excluding carboxylic acids is 1. The Kier molecular flexibility index (Phi) is 4.54. The largest absolute Gasteiger partial charge is 0.436 e. The third kappa shape index (κ3) is 2.61. The van der Waals surface area contributed by atoms with Crippen LogP contribution in [0.3, 0.4) is 0 Å². The SMILES string of the molecule is Cc1nc(C)c(C(=O)N2CCCC2CN)o1.Cl. The number of nitrogens with zero attached hydrogens (tertiary/aromatic N) is 2. The Morgan fingerprint density at radius 3 is 2.82 bits per heavy atom. The molecule has 17 heavy (non-hydrogen) atoms. The van der Waals surface area contributed by atoms with Gasteiger partial charge in [-0.05, 0) is 19.8 Å². The normalized spacial score (nSPS) is 19.2. The Morgan fingerprint density at radius 1 is 1.59 bits per heavy atom. The van der Waals surface area contributed by atoms with Crippen molar-refractivity contribution in [2.45, 2.75) is 32.7 Å². The van der Waals surface area contributed by atoms with Crippen molar-refractivity contribution in [2.75, 3.05) is 13.1 Å². The van der Waals surface area contributed by atoms with Crippen LogP contribution in [0.1, 0.15) is 35.0 Å². The lowest BCUT2D eigenvalue weighted by Gasteiger charge is -2.22. The van der Waals surface area contributed by atoms with E-state index in [9.17, 15) is 4.79 Å². The zero-order valence-electron chi connectivity index (χ0n) is 10.1. The molecular weight excluding hydrogens is 242 g/mol. The molecule has 1 unspecified atom stereocenters. The number of carbonyl (C=O) groups is 1. The number of oxazole rings is 1. The molecular formula is C11H18ClN3O2. The first kappa shape index (κ1) is 14.0. The van der Waals surface area contributed by atoms with Gasteiger partial charge in [-0.15, -0.1) is 12.4 Å². The van der Waals surface area contributed by atoms with Gasteiger partial charge in [0.2, 0.25) is 5.76 Å². The Balaban J connectivity index is 0.00000144. The zero-order chi connectivity index (χ0) is 11.7. The predicted octanol–water partition coefficient (Wildman–Crippen LogP) is 1.28. The Morgan fingerprint density at radius 2 is 2.29 bits per heavy atom. The fourth-order valence-electron chi connectivity index (χ4n) is 2.21. The maximum absolute atomic E-state index is 12.2. The van der Waals surface area contributed by atoms with Gasteiger partial charge in [0.15, 0.2) is 5.89 Å². The molecule has 0 aromatic carbocycles. The second-order valence-electron chi connectivity index (χ2n) is 4.18. The minimum Gasteiger partial charge on any atom is -0.436 e. The lowest BCUT2D eigenvalue weighted by atomic mass is 10.2. The van der Waals surface area contributed by atoms with Gasteiger partial charge < -0.3 is 15.1 Å². The van der Waals surface area contributed by atoms with E-state index < -0.39 is 0 Å². The van der Waals surface area contributed by atoms with E-state index in [0.717, 1.165) is 19.4 Å². The number of amides is 1. The maximum Gasteiger partial charge on any atom is 0.291 e. The Bertz CT molecular complexity index is 405. The summed E-state index contributed by atoms with van der Waals surface area (Å²) in [5.74, 6) is 0.813. The molecule has 0 saturated carbocycles. The summed E-state index contributed by atoms with van der Waals surface area (Å²) in [6, 6.07) is 0.150. The molecule has 6 heteroatoms. The monoisotopic (exact) mass is 259 g/mol. The molecule has 1 aliphatic heterocycles. The highest BCUT2D eigenvalue weighted by Crippen LogP contribution is 2.21. The summed E-state index contributed by atoms with van der Waals surface area (Å²) in [4.78, 5) is 18.1. The van der Waals surface area contributed by atoms with Crippen molar-refractivity contribution < 1.29 is 9.21 Å². The number of hydrogen-bond donors (Lipinski definition) is 1. The topological polar surface area (TPSA) is 72.4 Å². The molecule has 1 aromatic rings. The molecule has 1 saturated heterocycles. The van der Waals surface area contributed by atoms with E-state index in [2.05, 4.69) is 4.98 Å². The molecule has 0 radical (unpaired) electrons. The molecule has 2 rings (SSSR count). The van der Waals surface area contributed by atoms with Gasteiger partial charge in [0.1, 0.15) is 0 Å². The van der Waals surface area contributed by atoms with E-state index in [1.807, 2.05) is 0 Å². The summed E-state index contributed by atoms with van der Waals surface area (Å²) in [7, 11) is 0. The molecule has 2 N–H and O–H groups in total. The average molecular weight is 260 g/mol. The molecule has 1 amide bonds. The highest BCUT2D eigenvalue weighted by Gasteiger charge is 2.31. The van der Waals surface area contributed by atoms with Crippen molar-refractivity contribution in [3.8, 4) is 0 Å². The van der Waals surface area contributed by atoms with Crippen LogP contribution in [-0.2, 0) is 0 Å². The van der Waals surface area contributed by atoms with Crippen molar-refractivity contribution in [3.05, 3.63) is 17.3 Å². The van der Waals surface area contributed by atoms with Gasteiger partial charge in [-0.2, -0.15) is 0 Å². The van der Waals surface area contributed by atoms with Gasteiger partial charge >= 0.3 is 0 Å². The van der Waals surface area contributed by atoms with E-state index in [1.165, 1.54) is 0 Å². The van der Waals surface area contributed by atoms with Crippen LogP contribution in [-0.4, -0.2) is 34.9 Å². The van der Waals surface area contributed by atoms with Crippen molar-refractivity contribution in [1.29, 1.82) is 0 Å². The summed E-state index contributed by atoms with van der Waals surface area (Å²) in [6.07, 6.45) is 1.99. The summed E-state index contributed by atoms with van der Waals surface area (Å²) >= 11 is 0. The smallest absolute Gasteiger partial charge is 0.291 e. The predicted molar refractivity (Wildman–Crippen MR) is 66.3 cm³/mol. The van der Waals surface area contributed by atoms with Gasteiger partial charge in [0.25, 0.3) is 5.91 Å². The summed E-state index contributed by atoms with van der Waals surface area (Å²) in [5.41, 5.74) is 6.30. The maximum atomic E-state index is 12.2. The quantitative estimate of drug-likeness (QED) is 0.868. The highest BCUT2D eigenvalue weighted by atomic mass is 35.5. The van der Waals surface area contributed by atoms with Crippen LogP contribution in [0.2, 0.25) is 0 Å². The van der Waals surface area contributed by atoms with Crippen LogP contribution in [0.4, 0.5) is 0 Å². The van der Waals surface area contributed by atoms with Crippen LogP contribution in [0.25, 0.3) is 0 Å². The van der Waals surface area contributed by atoms with E-state index in [0.29, 0.717) is 23.9 Å². The van der Waals surface area contributed by atoms with Crippen LogP contribution in [0.5, 0.6) is 0 Å². The molecule has 5 nitrogen and oxygen atoms in total. The van der Waals surface area contributed by atoms with Crippen LogP contribution < -0.4 is 5.73 Å². The third-order valence-electron chi connectivity index (χ3n) is 3.01. The second kappa shape index (κ2) is 5.51. The number of nitrogens with two attached hydrogens (primary N) is 1. The Labute approximate surface area is 107 Å². The summed E-state index contributed by atoms with van der Waals surface area (Å²) < 4.78 is 5.34. The van der Waals surface area contributed by atoms with Crippen LogP contribution in [0.15, 0.2) is 4.42 Å². The molecule has 2 heterocycles. The molecule has 1 aromatic heterocycles. The van der Waals surface area contributed by atoms with Gasteiger partial charge in [-0.1, -0.05) is 0 Å². The first-order chi connectivity index (χ1) is 7.63. The van der Waals surface area contributed by atoms with E-state index in [4.69, 9.17) is 10.2 Å². The lowest BCUT2D eigenvalue weighted by molar-refractivity contribution is 0.0706. The van der Waals surface area contributed by atoms with E-state index >= 15 is 0 Å². The Hall–Kier alpha value is -1.07. The first-order valence-corrected chi connectivity index (χ1v) is 5.58. The number of hydrogen-bond acceptors (Lipinski definition) is 4. The molecule has 0 spiro atoms. The second-order valence-corrected chi connectivity index (χ2v) is 4.18. The molecule has 96 valence electrons. The van der Waals surface area contributed by atoms with Crippen LogP contribution >= 0.6 is 12.4 Å². The minimum absolute atomic E-state index is 0. The number of aryl methyl sites for hydroxylation is 2. The molecule has 0 bridgehead atoms. The molecule has 0 aliphatic carbocycles. The van der Waals surface area contributed by atoms with Crippen molar-refractivity contribution in [2.24, 2.45) is 5.73 Å². The fourth-order valence-corrected chi connectivity index (χ4v) is 2.21. The van der Waals surface area contributed by atoms with Crippen LogP contribution in [0, 0.1) is 13.8 Å². The van der Waals surface area contributed by atoms with Gasteiger partial charge in [0.05, 0.1) is 5.69 Å². The van der Waals surface area contributed by atoms with Crippen molar-refractivity contribution in [3.63, 3.8) is 0 Å². The van der Waals surface area contributed by atoms with E-state index in [1.54, 1.807) is 18.7 Å². The molecule has 1 aliphatic rings. The van der Waals surface area contributed by atoms with Crippen molar-refractivity contribution >= 4 is 18.3 Å². The zero-order valence-corrected chi connectivity index (χ0v) is 10.9. The van der Waals surface area contributed by atoms with E-state index in [-0.39, 0.29) is 24.4 Å². The standard InChI is InChI=1S/C11H17N3O2.ClH/c1-7-10(16-8(2)13-7)11(15)14-5-3-4-9(14)6-12;/h9H,3-6,12H2,1-2H3;1H. The number of likely N-dealkylation sites (tertiary alicyclic amines) is 1. The summed E-state index contributed by atoms with van der Waals surface area (Å²) in [5, 5.41) is 0.